The fourth-order valence-electron chi connectivity index (χ4n) is 2.60. The zero-order valence-corrected chi connectivity index (χ0v) is 20.7. The molecule has 3 aromatic rings. The van der Waals surface area contributed by atoms with Crippen LogP contribution in [0.4, 0.5) is 5.13 Å². The van der Waals surface area contributed by atoms with Crippen LogP contribution in [0.15, 0.2) is 53.2 Å². The van der Waals surface area contributed by atoms with E-state index < -0.39 is 26.9 Å². The molecule has 0 unspecified atom stereocenters. The third-order valence-electron chi connectivity index (χ3n) is 4.43. The Labute approximate surface area is 209 Å². The molecule has 10 nitrogen and oxygen atoms in total. The Balaban J connectivity index is 1.78. The van der Waals surface area contributed by atoms with E-state index in [1.807, 2.05) is 0 Å². The van der Waals surface area contributed by atoms with E-state index in [1.54, 1.807) is 18.2 Å². The van der Waals surface area contributed by atoms with E-state index in [1.165, 1.54) is 50.4 Å². The SMILES string of the molecule is CCS(=O)(=O)c1nsc(NC(=O)/C(C#N)=C\c2ccc(OC(=O)c3ccc(Cl)cc3)c(OC)c2)n1. The fraction of sp³-hybridized carbons (Fsp3) is 0.136. The highest BCUT2D eigenvalue weighted by molar-refractivity contribution is 7.91. The third-order valence-corrected chi connectivity index (χ3v) is 6.93. The first kappa shape index (κ1) is 25.8. The molecule has 13 heteroatoms. The molecule has 0 aliphatic carbocycles. The van der Waals surface area contributed by atoms with Crippen LogP contribution in [-0.4, -0.2) is 42.5 Å². The number of ether oxygens (including phenoxy) is 2. The molecule has 0 aliphatic rings. The molecule has 0 fully saturated rings. The maximum absolute atomic E-state index is 12.5. The minimum absolute atomic E-state index is 0.0646. The first-order valence-corrected chi connectivity index (χ1v) is 12.6. The molecule has 35 heavy (non-hydrogen) atoms. The van der Waals surface area contributed by atoms with Gasteiger partial charge in [0.25, 0.3) is 11.1 Å². The lowest BCUT2D eigenvalue weighted by Crippen LogP contribution is -2.14. The van der Waals surface area contributed by atoms with Gasteiger partial charge in [0.05, 0.1) is 18.4 Å². The van der Waals surface area contributed by atoms with Gasteiger partial charge in [-0.3, -0.25) is 10.1 Å². The van der Waals surface area contributed by atoms with Crippen LogP contribution in [0.1, 0.15) is 22.8 Å². The Morgan fingerprint density at radius 1 is 1.20 bits per heavy atom. The molecule has 180 valence electrons. The van der Waals surface area contributed by atoms with Crippen LogP contribution in [0.25, 0.3) is 6.08 Å². The van der Waals surface area contributed by atoms with Crippen LogP contribution in [0, 0.1) is 11.3 Å². The summed E-state index contributed by atoms with van der Waals surface area (Å²) in [6, 6.07) is 12.4. The summed E-state index contributed by atoms with van der Waals surface area (Å²) < 4.78 is 38.1. The monoisotopic (exact) mass is 532 g/mol. The predicted molar refractivity (Wildman–Crippen MR) is 129 cm³/mol. The molecule has 0 atom stereocenters. The zero-order chi connectivity index (χ0) is 25.6. The highest BCUT2D eigenvalue weighted by atomic mass is 35.5. The lowest BCUT2D eigenvalue weighted by atomic mass is 10.1. The number of carbonyl (C=O) groups is 2. The smallest absolute Gasteiger partial charge is 0.343 e. The molecule has 1 N–H and O–H groups in total. The Kier molecular flexibility index (Phi) is 8.18. The summed E-state index contributed by atoms with van der Waals surface area (Å²) in [7, 11) is -2.25. The van der Waals surface area contributed by atoms with Gasteiger partial charge in [-0.25, -0.2) is 13.2 Å². The normalized spacial score (nSPS) is 11.4. The van der Waals surface area contributed by atoms with Crippen molar-refractivity contribution in [1.29, 1.82) is 5.26 Å². The molecule has 0 spiro atoms. The van der Waals surface area contributed by atoms with Gasteiger partial charge >= 0.3 is 5.97 Å². The van der Waals surface area contributed by atoms with E-state index in [2.05, 4.69) is 14.7 Å². The number of rotatable bonds is 8. The topological polar surface area (TPSA) is 148 Å². The second-order valence-electron chi connectivity index (χ2n) is 6.72. The van der Waals surface area contributed by atoms with Crippen molar-refractivity contribution in [1.82, 2.24) is 9.36 Å². The van der Waals surface area contributed by atoms with Gasteiger partial charge in [0.15, 0.2) is 11.5 Å². The van der Waals surface area contributed by atoms with Crippen molar-refractivity contribution in [2.75, 3.05) is 18.2 Å². The molecule has 1 aromatic heterocycles. The molecule has 0 radical (unpaired) electrons. The molecule has 0 saturated carbocycles. The average molecular weight is 533 g/mol. The van der Waals surface area contributed by atoms with Crippen molar-refractivity contribution >= 4 is 56.1 Å². The second-order valence-corrected chi connectivity index (χ2v) is 10.1. The van der Waals surface area contributed by atoms with Crippen molar-refractivity contribution in [2.45, 2.75) is 12.1 Å². The quantitative estimate of drug-likeness (QED) is 0.198. The zero-order valence-electron chi connectivity index (χ0n) is 18.3. The largest absolute Gasteiger partial charge is 0.493 e. The number of hydrogen-bond donors (Lipinski definition) is 1. The molecule has 0 aliphatic heterocycles. The van der Waals surface area contributed by atoms with E-state index in [0.29, 0.717) is 22.1 Å². The Morgan fingerprint density at radius 2 is 1.91 bits per heavy atom. The summed E-state index contributed by atoms with van der Waals surface area (Å²) in [5.74, 6) is -1.29. The number of methoxy groups -OCH3 is 1. The van der Waals surface area contributed by atoms with Crippen molar-refractivity contribution in [3.05, 3.63) is 64.2 Å². The first-order chi connectivity index (χ1) is 16.7. The van der Waals surface area contributed by atoms with Gasteiger partial charge in [-0.2, -0.15) is 14.6 Å². The summed E-state index contributed by atoms with van der Waals surface area (Å²) in [6.07, 6.45) is 1.29. The molecule has 1 heterocycles. The number of carbonyl (C=O) groups excluding carboxylic acids is 2. The summed E-state index contributed by atoms with van der Waals surface area (Å²) in [4.78, 5) is 28.7. The number of benzene rings is 2. The molecule has 1 amide bonds. The van der Waals surface area contributed by atoms with E-state index in [0.717, 1.165) is 0 Å². The van der Waals surface area contributed by atoms with Crippen molar-refractivity contribution in [2.24, 2.45) is 0 Å². The number of aromatic nitrogens is 2. The maximum Gasteiger partial charge on any atom is 0.343 e. The van der Waals surface area contributed by atoms with E-state index in [4.69, 9.17) is 21.1 Å². The molecule has 2 aromatic carbocycles. The molecule has 0 bridgehead atoms. The van der Waals surface area contributed by atoms with Crippen LogP contribution in [0.2, 0.25) is 5.02 Å². The number of amides is 1. The number of nitrogens with one attached hydrogen (secondary N) is 1. The lowest BCUT2D eigenvalue weighted by molar-refractivity contribution is -0.112. The van der Waals surface area contributed by atoms with Gasteiger partial charge in [0.2, 0.25) is 15.0 Å². The number of esters is 1. The highest BCUT2D eigenvalue weighted by Gasteiger charge is 2.20. The van der Waals surface area contributed by atoms with Crippen molar-refractivity contribution in [3.63, 3.8) is 0 Å². The standard InChI is InChI=1S/C22H17ClN4O6S2/c1-3-35(30,31)22-26-21(34-27-22)25-19(28)15(12-24)10-13-4-9-17(18(11-13)32-2)33-20(29)14-5-7-16(23)8-6-14/h4-11H,3H2,1-2H3,(H,25,26,27,28)/b15-10-. The van der Waals surface area contributed by atoms with Gasteiger partial charge in [-0.15, -0.1) is 0 Å². The Hall–Kier alpha value is -3.79. The maximum atomic E-state index is 12.5. The molecular formula is C22H17ClN4O6S2. The number of sulfone groups is 1. The van der Waals surface area contributed by atoms with Gasteiger partial charge in [-0.05, 0) is 48.0 Å². The summed E-state index contributed by atoms with van der Waals surface area (Å²) in [5.41, 5.74) is 0.412. The van der Waals surface area contributed by atoms with E-state index in [-0.39, 0.29) is 33.5 Å². The van der Waals surface area contributed by atoms with Crippen LogP contribution in [-0.2, 0) is 14.6 Å². The summed E-state index contributed by atoms with van der Waals surface area (Å²) in [5, 5.41) is 11.8. The summed E-state index contributed by atoms with van der Waals surface area (Å²) in [6.45, 7) is 1.45. The highest BCUT2D eigenvalue weighted by Crippen LogP contribution is 2.30. The van der Waals surface area contributed by atoms with Crippen LogP contribution >= 0.6 is 23.1 Å². The van der Waals surface area contributed by atoms with Gasteiger partial charge in [-0.1, -0.05) is 24.6 Å². The average Bonchev–Trinajstić information content (AvgIpc) is 3.32. The Bertz CT molecular complexity index is 1440. The van der Waals surface area contributed by atoms with Gasteiger partial charge in [0, 0.05) is 16.6 Å². The number of nitrogens with zero attached hydrogens (tertiary/aromatic N) is 3. The predicted octanol–water partition coefficient (Wildman–Crippen LogP) is 3.76. The minimum atomic E-state index is -3.63. The molecule has 0 saturated heterocycles. The van der Waals surface area contributed by atoms with E-state index >= 15 is 0 Å². The Morgan fingerprint density at radius 3 is 2.54 bits per heavy atom. The number of anilines is 1. The van der Waals surface area contributed by atoms with Crippen LogP contribution in [0.3, 0.4) is 0 Å². The van der Waals surface area contributed by atoms with Gasteiger partial charge < -0.3 is 9.47 Å². The lowest BCUT2D eigenvalue weighted by Gasteiger charge is -2.10. The third kappa shape index (κ3) is 6.42. The fourth-order valence-corrected chi connectivity index (χ4v) is 4.31. The van der Waals surface area contributed by atoms with Gasteiger partial charge in [0.1, 0.15) is 11.6 Å². The number of hydrogen-bond acceptors (Lipinski definition) is 10. The molecule has 3 rings (SSSR count). The number of nitriles is 1. The van der Waals surface area contributed by atoms with Crippen LogP contribution < -0.4 is 14.8 Å². The van der Waals surface area contributed by atoms with Crippen molar-refractivity contribution < 1.29 is 27.5 Å². The van der Waals surface area contributed by atoms with Crippen molar-refractivity contribution in [3.8, 4) is 17.6 Å². The minimum Gasteiger partial charge on any atom is -0.493 e. The van der Waals surface area contributed by atoms with Crippen LogP contribution in [0.5, 0.6) is 11.5 Å². The molecular weight excluding hydrogens is 516 g/mol. The first-order valence-electron chi connectivity index (χ1n) is 9.82. The summed E-state index contributed by atoms with van der Waals surface area (Å²) >= 11 is 6.51. The second kappa shape index (κ2) is 11.1. The number of halogens is 1. The van der Waals surface area contributed by atoms with E-state index in [9.17, 15) is 23.3 Å².